The van der Waals surface area contributed by atoms with Gasteiger partial charge in [0.25, 0.3) is 0 Å². The van der Waals surface area contributed by atoms with E-state index in [2.05, 4.69) is 57.0 Å². The number of aliphatic imine (C=N–C) groups is 1. The van der Waals surface area contributed by atoms with Gasteiger partial charge in [0.2, 0.25) is 0 Å². The van der Waals surface area contributed by atoms with Gasteiger partial charge < -0.3 is 15.4 Å². The van der Waals surface area contributed by atoms with Gasteiger partial charge in [-0.3, -0.25) is 4.99 Å². The van der Waals surface area contributed by atoms with Gasteiger partial charge >= 0.3 is 0 Å². The number of hydrogen-bond acceptors (Lipinski definition) is 2. The second-order valence-electron chi connectivity index (χ2n) is 5.41. The van der Waals surface area contributed by atoms with E-state index in [4.69, 9.17) is 10.5 Å². The normalized spacial score (nSPS) is 17.8. The summed E-state index contributed by atoms with van der Waals surface area (Å²) in [6, 6.07) is 8.48. The minimum Gasteiger partial charge on any atom is -0.378 e. The van der Waals surface area contributed by atoms with Gasteiger partial charge in [-0.2, -0.15) is 0 Å². The zero-order valence-corrected chi connectivity index (χ0v) is 14.2. The largest absolute Gasteiger partial charge is 0.378 e. The Morgan fingerprint density at radius 2 is 2.19 bits per heavy atom. The molecule has 0 amide bonds. The van der Waals surface area contributed by atoms with Gasteiger partial charge in [0.1, 0.15) is 0 Å². The molecule has 1 unspecified atom stereocenters. The highest BCUT2D eigenvalue weighted by Crippen LogP contribution is 2.17. The van der Waals surface area contributed by atoms with E-state index >= 15 is 0 Å². The van der Waals surface area contributed by atoms with Crippen LogP contribution in [0.25, 0.3) is 0 Å². The van der Waals surface area contributed by atoms with E-state index < -0.39 is 0 Å². The van der Waals surface area contributed by atoms with Crippen LogP contribution in [0, 0.1) is 5.92 Å². The maximum atomic E-state index is 6.08. The van der Waals surface area contributed by atoms with Gasteiger partial charge in [0, 0.05) is 24.1 Å². The Hall–Kier alpha value is -1.07. The molecule has 5 heteroatoms. The molecule has 1 aromatic rings. The van der Waals surface area contributed by atoms with Crippen molar-refractivity contribution in [3.63, 3.8) is 0 Å². The van der Waals surface area contributed by atoms with Crippen molar-refractivity contribution in [3.05, 3.63) is 34.3 Å². The molecule has 0 aliphatic carbocycles. The number of benzene rings is 1. The van der Waals surface area contributed by atoms with Crippen molar-refractivity contribution >= 4 is 21.9 Å². The number of hydrogen-bond donors (Lipinski definition) is 1. The van der Waals surface area contributed by atoms with Gasteiger partial charge in [-0.05, 0) is 30.0 Å². The van der Waals surface area contributed by atoms with Crippen molar-refractivity contribution in [2.75, 3.05) is 32.8 Å². The summed E-state index contributed by atoms with van der Waals surface area (Å²) in [5, 5.41) is 0. The molecule has 1 aliphatic heterocycles. The molecule has 21 heavy (non-hydrogen) atoms. The number of guanidine groups is 1. The lowest BCUT2D eigenvalue weighted by atomic mass is 9.97. The first-order valence-corrected chi connectivity index (χ1v) is 8.35. The Labute approximate surface area is 135 Å². The van der Waals surface area contributed by atoms with Gasteiger partial charge in [0.05, 0.1) is 13.2 Å². The van der Waals surface area contributed by atoms with E-state index in [9.17, 15) is 0 Å². The van der Waals surface area contributed by atoms with Gasteiger partial charge in [-0.25, -0.2) is 0 Å². The lowest BCUT2D eigenvalue weighted by Gasteiger charge is -2.28. The van der Waals surface area contributed by atoms with Crippen LogP contribution in [-0.2, 0) is 11.2 Å². The van der Waals surface area contributed by atoms with Crippen LogP contribution in [0.15, 0.2) is 33.7 Å². The number of halogens is 1. The van der Waals surface area contributed by atoms with Crippen molar-refractivity contribution in [1.29, 1.82) is 0 Å². The van der Waals surface area contributed by atoms with Crippen LogP contribution in [0.3, 0.4) is 0 Å². The highest BCUT2D eigenvalue weighted by atomic mass is 79.9. The maximum absolute atomic E-state index is 6.08. The van der Waals surface area contributed by atoms with Crippen LogP contribution in [-0.4, -0.2) is 43.7 Å². The number of rotatable bonds is 5. The predicted molar refractivity (Wildman–Crippen MR) is 90.5 cm³/mol. The Bertz CT molecular complexity index is 472. The lowest BCUT2D eigenvalue weighted by molar-refractivity contribution is 0.0674. The molecule has 0 radical (unpaired) electrons. The van der Waals surface area contributed by atoms with E-state index in [0.29, 0.717) is 11.9 Å². The van der Waals surface area contributed by atoms with Crippen LogP contribution >= 0.6 is 15.9 Å². The van der Waals surface area contributed by atoms with Crippen molar-refractivity contribution < 1.29 is 4.74 Å². The summed E-state index contributed by atoms with van der Waals surface area (Å²) in [6.07, 6.45) is 2.14. The monoisotopic (exact) mass is 353 g/mol. The molecule has 0 spiro atoms. The Kier molecular flexibility index (Phi) is 6.51. The summed E-state index contributed by atoms with van der Waals surface area (Å²) in [5.74, 6) is 1.19. The molecule has 116 valence electrons. The van der Waals surface area contributed by atoms with Crippen LogP contribution in [0.1, 0.15) is 18.9 Å². The predicted octanol–water partition coefficient (Wildman–Crippen LogP) is 2.66. The smallest absolute Gasteiger partial charge is 0.191 e. The average Bonchev–Trinajstić information content (AvgIpc) is 2.52. The number of ether oxygens (including phenoxy) is 1. The van der Waals surface area contributed by atoms with Gasteiger partial charge in [-0.15, -0.1) is 0 Å². The summed E-state index contributed by atoms with van der Waals surface area (Å²) >= 11 is 3.52. The molecule has 0 bridgehead atoms. The van der Waals surface area contributed by atoms with Crippen molar-refractivity contribution in [2.45, 2.75) is 19.8 Å². The standard InChI is InChI=1S/C16H24BrN3O/c1-2-13(10-14-4-3-5-15(17)11-14)12-19-16(18)20-6-8-21-9-7-20/h3-5,11,13H,2,6-10,12H2,1H3,(H2,18,19). The molecule has 1 aromatic carbocycles. The lowest BCUT2D eigenvalue weighted by Crippen LogP contribution is -2.45. The molecule has 2 rings (SSSR count). The molecule has 0 saturated carbocycles. The fraction of sp³-hybridized carbons (Fsp3) is 0.562. The van der Waals surface area contributed by atoms with E-state index in [-0.39, 0.29) is 0 Å². The molecule has 2 N–H and O–H groups in total. The Balaban J connectivity index is 1.89. The van der Waals surface area contributed by atoms with Gasteiger partial charge in [0.15, 0.2) is 5.96 Å². The highest BCUT2D eigenvalue weighted by Gasteiger charge is 2.13. The number of morpholine rings is 1. The zero-order valence-electron chi connectivity index (χ0n) is 12.6. The van der Waals surface area contributed by atoms with E-state index in [1.165, 1.54) is 5.56 Å². The fourth-order valence-corrected chi connectivity index (χ4v) is 2.90. The molecule has 1 saturated heterocycles. The minimum absolute atomic E-state index is 0.527. The van der Waals surface area contributed by atoms with E-state index in [1.54, 1.807) is 0 Å². The van der Waals surface area contributed by atoms with Crippen LogP contribution in [0.5, 0.6) is 0 Å². The summed E-state index contributed by atoms with van der Waals surface area (Å²) in [6.45, 7) is 6.17. The summed E-state index contributed by atoms with van der Waals surface area (Å²) in [4.78, 5) is 6.70. The van der Waals surface area contributed by atoms with Crippen molar-refractivity contribution in [2.24, 2.45) is 16.6 Å². The maximum Gasteiger partial charge on any atom is 0.191 e. The first-order chi connectivity index (χ1) is 10.2. The fourth-order valence-electron chi connectivity index (χ4n) is 2.45. The third-order valence-corrected chi connectivity index (χ3v) is 4.33. The van der Waals surface area contributed by atoms with Crippen molar-refractivity contribution in [3.8, 4) is 0 Å². The molecule has 1 fully saturated rings. The first-order valence-electron chi connectivity index (χ1n) is 7.56. The third kappa shape index (κ3) is 5.32. The molecule has 1 atom stereocenters. The number of nitrogens with zero attached hydrogens (tertiary/aromatic N) is 2. The highest BCUT2D eigenvalue weighted by molar-refractivity contribution is 9.10. The summed E-state index contributed by atoms with van der Waals surface area (Å²) < 4.78 is 6.46. The Morgan fingerprint density at radius 3 is 2.86 bits per heavy atom. The first kappa shape index (κ1) is 16.3. The number of nitrogens with two attached hydrogens (primary N) is 1. The van der Waals surface area contributed by atoms with E-state index in [0.717, 1.165) is 50.2 Å². The molecule has 0 aromatic heterocycles. The van der Waals surface area contributed by atoms with E-state index in [1.807, 2.05) is 0 Å². The third-order valence-electron chi connectivity index (χ3n) is 3.84. The van der Waals surface area contributed by atoms with Crippen LogP contribution in [0.2, 0.25) is 0 Å². The van der Waals surface area contributed by atoms with Crippen molar-refractivity contribution in [1.82, 2.24) is 4.90 Å². The summed E-state index contributed by atoms with van der Waals surface area (Å²) in [5.41, 5.74) is 7.43. The SMILES string of the molecule is CCC(CN=C(N)N1CCOCC1)Cc1cccc(Br)c1. The molecule has 1 heterocycles. The second-order valence-corrected chi connectivity index (χ2v) is 6.32. The topological polar surface area (TPSA) is 50.8 Å². The molecule has 1 aliphatic rings. The van der Waals surface area contributed by atoms with Crippen LogP contribution in [0.4, 0.5) is 0 Å². The molecule has 4 nitrogen and oxygen atoms in total. The van der Waals surface area contributed by atoms with Gasteiger partial charge in [-0.1, -0.05) is 41.4 Å². The van der Waals surface area contributed by atoms with Crippen LogP contribution < -0.4 is 5.73 Å². The quantitative estimate of drug-likeness (QED) is 0.653. The Morgan fingerprint density at radius 1 is 1.43 bits per heavy atom. The minimum atomic E-state index is 0.527. The molecular weight excluding hydrogens is 330 g/mol. The second kappa shape index (κ2) is 8.39. The summed E-state index contributed by atoms with van der Waals surface area (Å²) in [7, 11) is 0. The molecular formula is C16H24BrN3O. The zero-order chi connectivity index (χ0) is 15.1. The average molecular weight is 354 g/mol.